The third kappa shape index (κ3) is 3.44. The normalized spacial score (nSPS) is 21.3. The molecular formula is C14H18ClN3O3. The average Bonchev–Trinajstić information content (AvgIpc) is 2.35. The van der Waals surface area contributed by atoms with Crippen LogP contribution in [0.5, 0.6) is 0 Å². The average molecular weight is 312 g/mol. The molecule has 1 fully saturated rings. The first-order valence-electron chi connectivity index (χ1n) is 6.72. The van der Waals surface area contributed by atoms with E-state index in [9.17, 15) is 9.59 Å². The van der Waals surface area contributed by atoms with Crippen LogP contribution < -0.4 is 10.6 Å². The summed E-state index contributed by atoms with van der Waals surface area (Å²) < 4.78 is 0. The molecule has 1 aromatic rings. The second kappa shape index (κ2) is 5.89. The zero-order chi connectivity index (χ0) is 15.6. The van der Waals surface area contributed by atoms with E-state index in [0.717, 1.165) is 0 Å². The molecule has 7 heteroatoms. The topological polar surface area (TPSA) is 91.3 Å². The number of halogens is 1. The molecule has 114 valence electrons. The summed E-state index contributed by atoms with van der Waals surface area (Å²) in [7, 11) is 0. The molecule has 1 aromatic heterocycles. The molecule has 2 rings (SSSR count). The van der Waals surface area contributed by atoms with E-state index in [1.165, 1.54) is 0 Å². The van der Waals surface area contributed by atoms with Crippen molar-refractivity contribution in [3.8, 4) is 0 Å². The van der Waals surface area contributed by atoms with Crippen LogP contribution in [0.3, 0.4) is 0 Å². The Bertz CT molecular complexity index is 556. The minimum absolute atomic E-state index is 0.0101. The third-order valence-corrected chi connectivity index (χ3v) is 4.10. The van der Waals surface area contributed by atoms with E-state index in [1.54, 1.807) is 32.2 Å². The lowest BCUT2D eigenvalue weighted by molar-refractivity contribution is -0.127. The Balaban J connectivity index is 1.95. The van der Waals surface area contributed by atoms with Gasteiger partial charge in [-0.15, -0.1) is 0 Å². The van der Waals surface area contributed by atoms with Crippen molar-refractivity contribution in [3.05, 3.63) is 29.0 Å². The highest BCUT2D eigenvalue weighted by atomic mass is 35.5. The van der Waals surface area contributed by atoms with Gasteiger partial charge < -0.3 is 15.7 Å². The molecule has 3 N–H and O–H groups in total. The van der Waals surface area contributed by atoms with Gasteiger partial charge in [0.1, 0.15) is 5.15 Å². The van der Waals surface area contributed by atoms with Gasteiger partial charge in [0.25, 0.3) is 0 Å². The summed E-state index contributed by atoms with van der Waals surface area (Å²) in [6, 6.07) is 3.43. The number of pyridine rings is 1. The summed E-state index contributed by atoms with van der Waals surface area (Å²) in [6.07, 6.45) is 1.75. The maximum absolute atomic E-state index is 12.4. The van der Waals surface area contributed by atoms with E-state index in [1.807, 2.05) is 0 Å². The van der Waals surface area contributed by atoms with Gasteiger partial charge in [-0.05, 0) is 32.8 Å². The first kappa shape index (κ1) is 15.6. The van der Waals surface area contributed by atoms with Gasteiger partial charge in [-0.1, -0.05) is 17.7 Å². The van der Waals surface area contributed by atoms with E-state index in [0.29, 0.717) is 23.6 Å². The number of carboxylic acid groups (broad SMARTS) is 1. The fourth-order valence-electron chi connectivity index (χ4n) is 2.37. The van der Waals surface area contributed by atoms with E-state index in [4.69, 9.17) is 16.7 Å². The van der Waals surface area contributed by atoms with Crippen LogP contribution in [-0.4, -0.2) is 34.2 Å². The predicted molar refractivity (Wildman–Crippen MR) is 78.4 cm³/mol. The number of rotatable bonds is 4. The molecule has 1 heterocycles. The third-order valence-electron chi connectivity index (χ3n) is 3.80. The molecule has 0 aromatic carbocycles. The summed E-state index contributed by atoms with van der Waals surface area (Å²) in [5.41, 5.74) is -0.125. The summed E-state index contributed by atoms with van der Waals surface area (Å²) in [4.78, 5) is 26.9. The van der Waals surface area contributed by atoms with E-state index < -0.39 is 11.5 Å². The van der Waals surface area contributed by atoms with Crippen LogP contribution in [-0.2, 0) is 10.2 Å². The Kier molecular flexibility index (Phi) is 4.37. The summed E-state index contributed by atoms with van der Waals surface area (Å²) in [6.45, 7) is 3.58. The van der Waals surface area contributed by atoms with Gasteiger partial charge in [-0.3, -0.25) is 4.79 Å². The van der Waals surface area contributed by atoms with Crippen molar-refractivity contribution in [3.63, 3.8) is 0 Å². The van der Waals surface area contributed by atoms with Crippen molar-refractivity contribution in [1.82, 2.24) is 15.6 Å². The van der Waals surface area contributed by atoms with Crippen molar-refractivity contribution in [2.45, 2.75) is 44.2 Å². The van der Waals surface area contributed by atoms with Crippen LogP contribution in [0.25, 0.3) is 0 Å². The quantitative estimate of drug-likeness (QED) is 0.741. The highest BCUT2D eigenvalue weighted by Crippen LogP contribution is 2.30. The first-order valence-corrected chi connectivity index (χ1v) is 7.10. The summed E-state index contributed by atoms with van der Waals surface area (Å²) in [5.74, 6) is -0.142. The van der Waals surface area contributed by atoms with E-state index in [2.05, 4.69) is 15.6 Å². The molecule has 21 heavy (non-hydrogen) atoms. The number of carbonyl (C=O) groups is 2. The highest BCUT2D eigenvalue weighted by molar-refractivity contribution is 6.30. The van der Waals surface area contributed by atoms with Crippen LogP contribution in [0.2, 0.25) is 5.15 Å². The smallest absolute Gasteiger partial charge is 0.404 e. The monoisotopic (exact) mass is 311 g/mol. The van der Waals surface area contributed by atoms with Crippen LogP contribution in [0.1, 0.15) is 32.3 Å². The van der Waals surface area contributed by atoms with Gasteiger partial charge in [0.05, 0.1) is 5.41 Å². The molecule has 0 spiro atoms. The molecule has 6 nitrogen and oxygen atoms in total. The van der Waals surface area contributed by atoms with Crippen molar-refractivity contribution >= 4 is 23.6 Å². The summed E-state index contributed by atoms with van der Waals surface area (Å²) in [5, 5.41) is 14.2. The van der Waals surface area contributed by atoms with Gasteiger partial charge >= 0.3 is 6.09 Å². The Morgan fingerprint density at radius 1 is 1.33 bits per heavy atom. The Morgan fingerprint density at radius 2 is 1.95 bits per heavy atom. The minimum Gasteiger partial charge on any atom is -0.465 e. The van der Waals surface area contributed by atoms with Gasteiger partial charge in [0, 0.05) is 23.8 Å². The van der Waals surface area contributed by atoms with Crippen LogP contribution in [0.15, 0.2) is 18.3 Å². The lowest BCUT2D eigenvalue weighted by Gasteiger charge is -2.37. The van der Waals surface area contributed by atoms with Crippen molar-refractivity contribution in [2.24, 2.45) is 0 Å². The van der Waals surface area contributed by atoms with Crippen molar-refractivity contribution in [1.29, 1.82) is 0 Å². The number of nitrogens with zero attached hydrogens (tertiary/aromatic N) is 1. The standard InChI is InChI=1S/C14H18ClN3O3/c1-14(2,10-4-3-5-16-11(10)15)12(19)17-8-6-9(7-8)18-13(20)21/h3-5,8-9,18H,6-7H2,1-2H3,(H,17,19)(H,20,21)/t8-,9-. The molecule has 0 aliphatic heterocycles. The van der Waals surface area contributed by atoms with E-state index in [-0.39, 0.29) is 18.0 Å². The number of hydrogen-bond donors (Lipinski definition) is 3. The molecule has 0 atom stereocenters. The summed E-state index contributed by atoms with van der Waals surface area (Å²) >= 11 is 6.05. The van der Waals surface area contributed by atoms with Crippen LogP contribution in [0.4, 0.5) is 4.79 Å². The molecule has 0 saturated heterocycles. The van der Waals surface area contributed by atoms with Gasteiger partial charge in [-0.2, -0.15) is 0 Å². The van der Waals surface area contributed by atoms with Crippen molar-refractivity contribution in [2.75, 3.05) is 0 Å². The van der Waals surface area contributed by atoms with E-state index >= 15 is 0 Å². The number of hydrogen-bond acceptors (Lipinski definition) is 3. The van der Waals surface area contributed by atoms with Crippen LogP contribution in [0, 0.1) is 0 Å². The molecule has 1 aliphatic carbocycles. The van der Waals surface area contributed by atoms with Crippen molar-refractivity contribution < 1.29 is 14.7 Å². The van der Waals surface area contributed by atoms with Gasteiger partial charge in [0.15, 0.2) is 0 Å². The highest BCUT2D eigenvalue weighted by Gasteiger charge is 2.37. The second-order valence-corrected chi connectivity index (χ2v) is 6.11. The number of nitrogens with one attached hydrogen (secondary N) is 2. The molecule has 1 aliphatic rings. The lowest BCUT2D eigenvalue weighted by Crippen LogP contribution is -2.56. The van der Waals surface area contributed by atoms with Gasteiger partial charge in [-0.25, -0.2) is 9.78 Å². The minimum atomic E-state index is -1.03. The number of amides is 2. The zero-order valence-electron chi connectivity index (χ0n) is 11.9. The van der Waals surface area contributed by atoms with Crippen LogP contribution >= 0.6 is 11.6 Å². The lowest BCUT2D eigenvalue weighted by atomic mass is 9.82. The molecular weight excluding hydrogens is 294 g/mol. The second-order valence-electron chi connectivity index (χ2n) is 5.75. The SMILES string of the molecule is CC(C)(C(=O)N[C@H]1C[C@H](NC(=O)O)C1)c1cccnc1Cl. The molecule has 0 radical (unpaired) electrons. The number of aromatic nitrogens is 1. The maximum atomic E-state index is 12.4. The van der Waals surface area contributed by atoms with Gasteiger partial charge in [0.2, 0.25) is 5.91 Å². The Hall–Kier alpha value is -1.82. The Morgan fingerprint density at radius 3 is 2.52 bits per heavy atom. The molecule has 0 bridgehead atoms. The molecule has 0 unspecified atom stereocenters. The Labute approximate surface area is 127 Å². The fourth-order valence-corrected chi connectivity index (χ4v) is 2.72. The maximum Gasteiger partial charge on any atom is 0.404 e. The zero-order valence-corrected chi connectivity index (χ0v) is 12.6. The largest absolute Gasteiger partial charge is 0.465 e. The first-order chi connectivity index (χ1) is 9.80. The molecule has 2 amide bonds. The number of carbonyl (C=O) groups excluding carboxylic acids is 1. The predicted octanol–water partition coefficient (Wildman–Crippen LogP) is 1.93. The fraction of sp³-hybridized carbons (Fsp3) is 0.500. The molecule has 1 saturated carbocycles.